The zero-order chi connectivity index (χ0) is 27.7. The van der Waals surface area contributed by atoms with Crippen molar-refractivity contribution in [3.8, 4) is 11.1 Å². The number of anilines is 3. The van der Waals surface area contributed by atoms with Gasteiger partial charge in [-0.05, 0) is 53.6 Å². The molecule has 0 aliphatic carbocycles. The molecule has 0 saturated heterocycles. The van der Waals surface area contributed by atoms with Crippen molar-refractivity contribution in [1.29, 1.82) is 0 Å². The smallest absolute Gasteiger partial charge is 0.324 e. The first-order valence-electron chi connectivity index (χ1n) is 10.9. The molecule has 0 aliphatic heterocycles. The molecule has 4 aromatic rings. The maximum atomic E-state index is 13.1. The summed E-state index contributed by atoms with van der Waals surface area (Å²) >= 11 is 0. The van der Waals surface area contributed by atoms with Gasteiger partial charge in [0, 0.05) is 29.9 Å². The van der Waals surface area contributed by atoms with Crippen molar-refractivity contribution in [2.75, 3.05) is 16.0 Å². The Bertz CT molecular complexity index is 1500. The van der Waals surface area contributed by atoms with E-state index in [2.05, 4.69) is 15.6 Å². The van der Waals surface area contributed by atoms with Gasteiger partial charge in [-0.3, -0.25) is 9.78 Å². The molecule has 38 heavy (non-hydrogen) atoms. The topological polar surface area (TPSA) is 83.1 Å². The predicted octanol–water partition coefficient (Wildman–Crippen LogP) is 7.54. The number of hydrogen-bond donors (Lipinski definition) is 3. The summed E-state index contributed by atoms with van der Waals surface area (Å²) < 4.78 is 78.6. The number of halogens is 6. The lowest BCUT2D eigenvalue weighted by atomic mass is 10.0. The van der Waals surface area contributed by atoms with Crippen molar-refractivity contribution >= 4 is 39.9 Å². The molecule has 6 nitrogen and oxygen atoms in total. The van der Waals surface area contributed by atoms with Crippen molar-refractivity contribution in [1.82, 2.24) is 4.98 Å². The Morgan fingerprint density at radius 3 is 2.00 bits per heavy atom. The third-order valence-electron chi connectivity index (χ3n) is 5.36. The molecule has 0 atom stereocenters. The van der Waals surface area contributed by atoms with Crippen LogP contribution in [0.5, 0.6) is 0 Å². The number of alkyl halides is 6. The molecule has 3 N–H and O–H groups in total. The number of amides is 3. The summed E-state index contributed by atoms with van der Waals surface area (Å²) in [7, 11) is 0. The molecule has 0 fully saturated rings. The van der Waals surface area contributed by atoms with Crippen LogP contribution in [0.4, 0.5) is 48.2 Å². The summed E-state index contributed by atoms with van der Waals surface area (Å²) in [5.41, 5.74) is -1.17. The third kappa shape index (κ3) is 6.02. The molecular formula is C26H18F6N4O2. The van der Waals surface area contributed by atoms with E-state index in [1.54, 1.807) is 48.7 Å². The number of aromatic nitrogens is 1. The molecule has 4 rings (SSSR count). The van der Waals surface area contributed by atoms with Crippen LogP contribution in [-0.2, 0) is 17.1 Å². The van der Waals surface area contributed by atoms with Crippen LogP contribution in [0, 0.1) is 0 Å². The largest absolute Gasteiger partial charge is 0.416 e. The second-order valence-electron chi connectivity index (χ2n) is 8.20. The summed E-state index contributed by atoms with van der Waals surface area (Å²) in [5, 5.41) is 7.85. The molecule has 0 aliphatic rings. The summed E-state index contributed by atoms with van der Waals surface area (Å²) in [5.74, 6) is -0.273. The van der Waals surface area contributed by atoms with Crippen LogP contribution in [0.15, 0.2) is 72.9 Å². The van der Waals surface area contributed by atoms with Gasteiger partial charge in [0.05, 0.1) is 22.3 Å². The van der Waals surface area contributed by atoms with Crippen molar-refractivity contribution in [2.24, 2.45) is 0 Å². The summed E-state index contributed by atoms with van der Waals surface area (Å²) in [6.07, 6.45) is -8.55. The van der Waals surface area contributed by atoms with E-state index in [-0.39, 0.29) is 17.7 Å². The van der Waals surface area contributed by atoms with Crippen molar-refractivity contribution in [3.63, 3.8) is 0 Å². The van der Waals surface area contributed by atoms with Gasteiger partial charge < -0.3 is 16.0 Å². The SMILES string of the molecule is CC(=O)Nc1cccc2c(-c3cccc(NC(=O)Nc4cc(C(F)(F)F)cc(C(F)(F)F)c4)c3)ccnc12. The number of nitrogens with zero attached hydrogens (tertiary/aromatic N) is 1. The molecule has 0 bridgehead atoms. The summed E-state index contributed by atoms with van der Waals surface area (Å²) in [4.78, 5) is 28.3. The van der Waals surface area contributed by atoms with Crippen LogP contribution in [0.25, 0.3) is 22.0 Å². The zero-order valence-corrected chi connectivity index (χ0v) is 19.5. The highest BCUT2D eigenvalue weighted by molar-refractivity contribution is 6.05. The highest BCUT2D eigenvalue weighted by atomic mass is 19.4. The number of fused-ring (bicyclic) bond motifs is 1. The summed E-state index contributed by atoms with van der Waals surface area (Å²) in [6.45, 7) is 1.37. The quantitative estimate of drug-likeness (QED) is 0.238. The van der Waals surface area contributed by atoms with E-state index in [0.29, 0.717) is 39.8 Å². The van der Waals surface area contributed by atoms with Crippen molar-refractivity contribution < 1.29 is 35.9 Å². The number of carbonyl (C=O) groups excluding carboxylic acids is 2. The monoisotopic (exact) mass is 532 g/mol. The number of hydrogen-bond acceptors (Lipinski definition) is 3. The Labute approximate surface area is 211 Å². The molecule has 0 radical (unpaired) electrons. The average Bonchev–Trinajstić information content (AvgIpc) is 2.82. The fraction of sp³-hybridized carbons (Fsp3) is 0.115. The Balaban J connectivity index is 1.61. The van der Waals surface area contributed by atoms with Gasteiger partial charge in [-0.15, -0.1) is 0 Å². The third-order valence-corrected chi connectivity index (χ3v) is 5.36. The van der Waals surface area contributed by atoms with Crippen LogP contribution in [0.1, 0.15) is 18.1 Å². The minimum Gasteiger partial charge on any atom is -0.324 e. The van der Waals surface area contributed by atoms with Crippen LogP contribution >= 0.6 is 0 Å². The van der Waals surface area contributed by atoms with E-state index >= 15 is 0 Å². The van der Waals surface area contributed by atoms with Gasteiger partial charge in [-0.25, -0.2) is 4.79 Å². The number of urea groups is 1. The average molecular weight is 532 g/mol. The fourth-order valence-corrected chi connectivity index (χ4v) is 3.80. The maximum Gasteiger partial charge on any atom is 0.416 e. The van der Waals surface area contributed by atoms with Crippen LogP contribution in [0.2, 0.25) is 0 Å². The molecule has 1 aromatic heterocycles. The normalized spacial score (nSPS) is 11.8. The predicted molar refractivity (Wildman–Crippen MR) is 131 cm³/mol. The first-order chi connectivity index (χ1) is 17.8. The van der Waals surface area contributed by atoms with E-state index in [0.717, 1.165) is 0 Å². The van der Waals surface area contributed by atoms with Gasteiger partial charge in [0.15, 0.2) is 0 Å². The molecular weight excluding hydrogens is 514 g/mol. The molecule has 3 amide bonds. The minimum atomic E-state index is -5.05. The number of nitrogens with one attached hydrogen (secondary N) is 3. The lowest BCUT2D eigenvalue weighted by Gasteiger charge is -2.15. The van der Waals surface area contributed by atoms with Gasteiger partial charge in [-0.2, -0.15) is 26.3 Å². The van der Waals surface area contributed by atoms with E-state index < -0.39 is 35.2 Å². The molecule has 196 valence electrons. The van der Waals surface area contributed by atoms with Gasteiger partial charge in [-0.1, -0.05) is 24.3 Å². The first-order valence-corrected chi connectivity index (χ1v) is 10.9. The lowest BCUT2D eigenvalue weighted by Crippen LogP contribution is -2.20. The lowest BCUT2D eigenvalue weighted by molar-refractivity contribution is -0.143. The van der Waals surface area contributed by atoms with Gasteiger partial charge in [0.2, 0.25) is 5.91 Å². The molecule has 1 heterocycles. The number of rotatable bonds is 4. The van der Waals surface area contributed by atoms with Crippen molar-refractivity contribution in [2.45, 2.75) is 19.3 Å². The Hall–Kier alpha value is -4.61. The second-order valence-corrected chi connectivity index (χ2v) is 8.20. The van der Waals surface area contributed by atoms with Gasteiger partial charge in [0.1, 0.15) is 0 Å². The summed E-state index contributed by atoms with van der Waals surface area (Å²) in [6, 6.07) is 13.1. The van der Waals surface area contributed by atoms with Crippen molar-refractivity contribution in [3.05, 3.63) is 84.1 Å². The molecule has 3 aromatic carbocycles. The molecule has 0 unspecified atom stereocenters. The number of pyridine rings is 1. The van der Waals surface area contributed by atoms with Crippen LogP contribution in [0.3, 0.4) is 0 Å². The Morgan fingerprint density at radius 1 is 0.737 bits per heavy atom. The number of para-hydroxylation sites is 1. The van der Waals surface area contributed by atoms with Crippen LogP contribution in [-0.4, -0.2) is 16.9 Å². The Kier molecular flexibility index (Phi) is 6.99. The number of carbonyl (C=O) groups is 2. The maximum absolute atomic E-state index is 13.1. The molecule has 0 spiro atoms. The fourth-order valence-electron chi connectivity index (χ4n) is 3.80. The molecule has 12 heteroatoms. The second kappa shape index (κ2) is 10.0. The van der Waals surface area contributed by atoms with Gasteiger partial charge in [0.25, 0.3) is 0 Å². The number of benzene rings is 3. The standard InChI is InChI=1S/C26H18F6N4O2/c1-14(37)34-22-7-3-6-21-20(8-9-33-23(21)22)15-4-2-5-18(10-15)35-24(38)36-19-12-16(25(27,28)29)11-17(13-19)26(30,31)32/h2-13H,1H3,(H,34,37)(H2,35,36,38). The van der Waals surface area contributed by atoms with E-state index in [9.17, 15) is 35.9 Å². The highest BCUT2D eigenvalue weighted by Crippen LogP contribution is 2.38. The minimum absolute atomic E-state index is 0.0249. The highest BCUT2D eigenvalue weighted by Gasteiger charge is 2.37. The van der Waals surface area contributed by atoms with Crippen LogP contribution < -0.4 is 16.0 Å². The zero-order valence-electron chi connectivity index (χ0n) is 19.5. The van der Waals surface area contributed by atoms with E-state index in [4.69, 9.17) is 0 Å². The van der Waals surface area contributed by atoms with E-state index in [1.807, 2.05) is 5.32 Å². The van der Waals surface area contributed by atoms with E-state index in [1.165, 1.54) is 13.0 Å². The molecule has 0 saturated carbocycles. The first kappa shape index (κ1) is 26.5. The Morgan fingerprint density at radius 2 is 1.37 bits per heavy atom. The van der Waals surface area contributed by atoms with Gasteiger partial charge >= 0.3 is 18.4 Å².